The summed E-state index contributed by atoms with van der Waals surface area (Å²) in [5.74, 6) is -0.202. The van der Waals surface area contributed by atoms with E-state index < -0.39 is 11.6 Å². The SMILES string of the molecule is CCNC(=NCc1cc(F)ccc1F)NC1CC2CCC(C1)N2Cc1ccccc1. The molecule has 4 nitrogen and oxygen atoms in total. The zero-order valence-electron chi connectivity index (χ0n) is 17.5. The van der Waals surface area contributed by atoms with Crippen LogP contribution >= 0.6 is 0 Å². The molecule has 0 spiro atoms. The van der Waals surface area contributed by atoms with Crippen LogP contribution in [0.15, 0.2) is 53.5 Å². The minimum Gasteiger partial charge on any atom is -0.357 e. The number of nitrogens with zero attached hydrogens (tertiary/aromatic N) is 2. The second-order valence-electron chi connectivity index (χ2n) is 8.29. The summed E-state index contributed by atoms with van der Waals surface area (Å²) in [7, 11) is 0. The minimum atomic E-state index is -0.443. The highest BCUT2D eigenvalue weighted by molar-refractivity contribution is 5.80. The number of benzene rings is 2. The maximum Gasteiger partial charge on any atom is 0.191 e. The average molecular weight is 413 g/mol. The van der Waals surface area contributed by atoms with Gasteiger partial charge in [-0.1, -0.05) is 30.3 Å². The van der Waals surface area contributed by atoms with Gasteiger partial charge < -0.3 is 10.6 Å². The summed E-state index contributed by atoms with van der Waals surface area (Å²) >= 11 is 0. The van der Waals surface area contributed by atoms with Crippen molar-refractivity contribution in [2.24, 2.45) is 4.99 Å². The number of piperidine rings is 1. The number of guanidine groups is 1. The zero-order valence-corrected chi connectivity index (χ0v) is 17.5. The number of fused-ring (bicyclic) bond motifs is 2. The fourth-order valence-electron chi connectivity index (χ4n) is 4.79. The second-order valence-corrected chi connectivity index (χ2v) is 8.29. The Labute approximate surface area is 177 Å². The predicted molar refractivity (Wildman–Crippen MR) is 116 cm³/mol. The van der Waals surface area contributed by atoms with Crippen LogP contribution in [-0.4, -0.2) is 35.5 Å². The molecule has 2 heterocycles. The molecule has 2 saturated heterocycles. The Balaban J connectivity index is 1.38. The maximum atomic E-state index is 13.9. The average Bonchev–Trinajstić information content (AvgIpc) is 2.97. The number of halogens is 2. The van der Waals surface area contributed by atoms with Crippen LogP contribution in [-0.2, 0) is 13.1 Å². The molecule has 30 heavy (non-hydrogen) atoms. The van der Waals surface area contributed by atoms with Crippen molar-refractivity contribution in [1.29, 1.82) is 0 Å². The van der Waals surface area contributed by atoms with Crippen LogP contribution in [0.2, 0.25) is 0 Å². The lowest BCUT2D eigenvalue weighted by molar-refractivity contribution is 0.114. The Morgan fingerprint density at radius 1 is 1.07 bits per heavy atom. The first-order valence-corrected chi connectivity index (χ1v) is 10.9. The summed E-state index contributed by atoms with van der Waals surface area (Å²) in [5, 5.41) is 6.79. The fraction of sp³-hybridized carbons (Fsp3) is 0.458. The quantitative estimate of drug-likeness (QED) is 0.551. The van der Waals surface area contributed by atoms with Gasteiger partial charge in [0.25, 0.3) is 0 Å². The molecule has 2 fully saturated rings. The van der Waals surface area contributed by atoms with E-state index in [-0.39, 0.29) is 12.1 Å². The smallest absolute Gasteiger partial charge is 0.191 e. The molecule has 2 unspecified atom stereocenters. The van der Waals surface area contributed by atoms with Crippen molar-refractivity contribution < 1.29 is 8.78 Å². The second kappa shape index (κ2) is 9.56. The minimum absolute atomic E-state index is 0.110. The van der Waals surface area contributed by atoms with Crippen molar-refractivity contribution in [2.45, 2.75) is 63.8 Å². The van der Waals surface area contributed by atoms with Gasteiger partial charge in [-0.2, -0.15) is 0 Å². The first-order chi connectivity index (χ1) is 14.6. The number of hydrogen-bond acceptors (Lipinski definition) is 2. The summed E-state index contributed by atoms with van der Waals surface area (Å²) in [6, 6.07) is 15.6. The van der Waals surface area contributed by atoms with Crippen LogP contribution in [0, 0.1) is 11.6 Å². The van der Waals surface area contributed by atoms with E-state index in [1.54, 1.807) is 0 Å². The molecule has 2 aliphatic heterocycles. The van der Waals surface area contributed by atoms with Gasteiger partial charge in [0.15, 0.2) is 5.96 Å². The summed E-state index contributed by atoms with van der Waals surface area (Å²) in [4.78, 5) is 7.16. The van der Waals surface area contributed by atoms with Gasteiger partial charge in [0.1, 0.15) is 11.6 Å². The van der Waals surface area contributed by atoms with Gasteiger partial charge in [0.2, 0.25) is 0 Å². The van der Waals surface area contributed by atoms with E-state index in [2.05, 4.69) is 50.9 Å². The monoisotopic (exact) mass is 412 g/mol. The fourth-order valence-corrected chi connectivity index (χ4v) is 4.79. The molecule has 0 saturated carbocycles. The van der Waals surface area contributed by atoms with Gasteiger partial charge >= 0.3 is 0 Å². The van der Waals surface area contributed by atoms with E-state index >= 15 is 0 Å². The topological polar surface area (TPSA) is 39.7 Å². The highest BCUT2D eigenvalue weighted by Crippen LogP contribution is 2.36. The van der Waals surface area contributed by atoms with E-state index in [9.17, 15) is 8.78 Å². The molecule has 0 amide bonds. The maximum absolute atomic E-state index is 13.9. The first-order valence-electron chi connectivity index (χ1n) is 10.9. The van der Waals surface area contributed by atoms with Gasteiger partial charge in [-0.15, -0.1) is 0 Å². The molecular formula is C24H30F2N4. The molecule has 6 heteroatoms. The number of hydrogen-bond donors (Lipinski definition) is 2. The summed E-state index contributed by atoms with van der Waals surface area (Å²) in [6.45, 7) is 3.85. The Kier molecular flexibility index (Phi) is 6.62. The lowest BCUT2D eigenvalue weighted by Crippen LogP contribution is -2.52. The van der Waals surface area contributed by atoms with E-state index in [1.807, 2.05) is 6.92 Å². The Hall–Kier alpha value is -2.47. The van der Waals surface area contributed by atoms with Gasteiger partial charge in [-0.25, -0.2) is 13.8 Å². The van der Waals surface area contributed by atoms with Crippen molar-refractivity contribution in [2.75, 3.05) is 6.54 Å². The standard InChI is InChI=1S/C24H30F2N4/c1-2-27-24(28-15-18-12-19(25)8-11-23(18)26)29-20-13-21-9-10-22(14-20)30(21)16-17-6-4-3-5-7-17/h3-8,11-12,20-22H,2,9-10,13-16H2,1H3,(H2,27,28,29). The van der Waals surface area contributed by atoms with E-state index in [4.69, 9.17) is 0 Å². The van der Waals surface area contributed by atoms with Crippen molar-refractivity contribution in [1.82, 2.24) is 15.5 Å². The van der Waals surface area contributed by atoms with Crippen LogP contribution in [0.25, 0.3) is 0 Å². The van der Waals surface area contributed by atoms with Crippen molar-refractivity contribution in [3.63, 3.8) is 0 Å². The van der Waals surface area contributed by atoms with Crippen LogP contribution < -0.4 is 10.6 Å². The lowest BCUT2D eigenvalue weighted by atomic mass is 9.96. The van der Waals surface area contributed by atoms with Crippen LogP contribution in [0.1, 0.15) is 43.7 Å². The predicted octanol–water partition coefficient (Wildman–Crippen LogP) is 4.22. The van der Waals surface area contributed by atoms with Crippen LogP contribution in [0.5, 0.6) is 0 Å². The summed E-state index contributed by atoms with van der Waals surface area (Å²) in [5.41, 5.74) is 1.64. The first kappa shape index (κ1) is 20.8. The molecule has 4 rings (SSSR count). The van der Waals surface area contributed by atoms with Crippen molar-refractivity contribution >= 4 is 5.96 Å². The van der Waals surface area contributed by atoms with Gasteiger partial charge in [-0.05, 0) is 56.4 Å². The molecule has 160 valence electrons. The van der Waals surface area contributed by atoms with Crippen molar-refractivity contribution in [3.8, 4) is 0 Å². The van der Waals surface area contributed by atoms with Gasteiger partial charge in [0, 0.05) is 36.8 Å². The molecule has 0 aliphatic carbocycles. The third-order valence-electron chi connectivity index (χ3n) is 6.19. The summed E-state index contributed by atoms with van der Waals surface area (Å²) < 4.78 is 27.3. The Morgan fingerprint density at radius 2 is 1.80 bits per heavy atom. The molecular weight excluding hydrogens is 382 g/mol. The highest BCUT2D eigenvalue weighted by Gasteiger charge is 2.40. The zero-order chi connectivity index (χ0) is 20.9. The molecule has 2 bridgehead atoms. The largest absolute Gasteiger partial charge is 0.357 e. The highest BCUT2D eigenvalue weighted by atomic mass is 19.1. The molecule has 2 aliphatic rings. The molecule has 2 aromatic carbocycles. The molecule has 2 N–H and O–H groups in total. The molecule has 0 radical (unpaired) electrons. The Bertz CT molecular complexity index is 857. The van der Waals surface area contributed by atoms with E-state index in [0.717, 1.165) is 38.1 Å². The van der Waals surface area contributed by atoms with E-state index in [0.29, 0.717) is 24.1 Å². The number of nitrogens with one attached hydrogen (secondary N) is 2. The third-order valence-corrected chi connectivity index (χ3v) is 6.19. The molecule has 2 aromatic rings. The van der Waals surface area contributed by atoms with Crippen molar-refractivity contribution in [3.05, 3.63) is 71.3 Å². The molecule has 0 aromatic heterocycles. The number of rotatable bonds is 6. The van der Waals surface area contributed by atoms with Crippen LogP contribution in [0.4, 0.5) is 8.78 Å². The van der Waals surface area contributed by atoms with Crippen LogP contribution in [0.3, 0.4) is 0 Å². The molecule has 2 atom stereocenters. The normalized spacial score (nSPS) is 24.1. The lowest BCUT2D eigenvalue weighted by Gasteiger charge is -2.39. The van der Waals surface area contributed by atoms with Gasteiger partial charge in [-0.3, -0.25) is 4.90 Å². The Morgan fingerprint density at radius 3 is 2.50 bits per heavy atom. The summed E-state index contributed by atoms with van der Waals surface area (Å²) in [6.07, 6.45) is 4.61. The van der Waals surface area contributed by atoms with Gasteiger partial charge in [0.05, 0.1) is 6.54 Å². The number of aliphatic imine (C=N–C) groups is 1. The van der Waals surface area contributed by atoms with E-state index in [1.165, 1.54) is 24.5 Å². The third kappa shape index (κ3) is 4.98.